The molecule has 0 rings (SSSR count). The SMILES string of the molecule is CCOC(=O)C(C(C)C)C(O)CO. The molecule has 0 saturated heterocycles. The third kappa shape index (κ3) is 3.74. The zero-order valence-electron chi connectivity index (χ0n) is 8.36. The number of hydrogen-bond donors (Lipinski definition) is 2. The van der Waals surface area contributed by atoms with Gasteiger partial charge in [-0.1, -0.05) is 13.8 Å². The van der Waals surface area contributed by atoms with E-state index in [4.69, 9.17) is 9.84 Å². The summed E-state index contributed by atoms with van der Waals surface area (Å²) in [5.74, 6) is -1.12. The molecule has 0 aromatic carbocycles. The largest absolute Gasteiger partial charge is 0.466 e. The molecular formula is C9H18O4. The Bertz CT molecular complexity index is 156. The quantitative estimate of drug-likeness (QED) is 0.607. The summed E-state index contributed by atoms with van der Waals surface area (Å²) < 4.78 is 4.78. The molecule has 2 unspecified atom stereocenters. The zero-order chi connectivity index (χ0) is 10.4. The first-order valence-corrected chi connectivity index (χ1v) is 4.50. The van der Waals surface area contributed by atoms with Gasteiger partial charge in [0.15, 0.2) is 0 Å². The lowest BCUT2D eigenvalue weighted by Crippen LogP contribution is -2.36. The number of esters is 1. The van der Waals surface area contributed by atoms with Gasteiger partial charge in [0, 0.05) is 0 Å². The highest BCUT2D eigenvalue weighted by Crippen LogP contribution is 2.17. The van der Waals surface area contributed by atoms with Crippen molar-refractivity contribution >= 4 is 5.97 Å². The molecule has 4 heteroatoms. The minimum Gasteiger partial charge on any atom is -0.466 e. The lowest BCUT2D eigenvalue weighted by molar-refractivity contribution is -0.155. The van der Waals surface area contributed by atoms with Crippen LogP contribution in [0.2, 0.25) is 0 Å². The fourth-order valence-electron chi connectivity index (χ4n) is 1.23. The van der Waals surface area contributed by atoms with Crippen LogP contribution < -0.4 is 0 Å². The number of carbonyl (C=O) groups excluding carboxylic acids is 1. The van der Waals surface area contributed by atoms with Gasteiger partial charge in [-0.25, -0.2) is 0 Å². The topological polar surface area (TPSA) is 66.8 Å². The third-order valence-corrected chi connectivity index (χ3v) is 1.88. The Hall–Kier alpha value is -0.610. The lowest BCUT2D eigenvalue weighted by Gasteiger charge is -2.22. The highest BCUT2D eigenvalue weighted by Gasteiger charge is 2.30. The molecular weight excluding hydrogens is 172 g/mol. The molecule has 0 radical (unpaired) electrons. The molecule has 0 fully saturated rings. The van der Waals surface area contributed by atoms with Gasteiger partial charge in [0.2, 0.25) is 0 Å². The van der Waals surface area contributed by atoms with Crippen molar-refractivity contribution in [1.29, 1.82) is 0 Å². The number of aliphatic hydroxyl groups excluding tert-OH is 2. The molecule has 0 amide bonds. The second kappa shape index (κ2) is 5.94. The van der Waals surface area contributed by atoms with Gasteiger partial charge in [-0.15, -0.1) is 0 Å². The van der Waals surface area contributed by atoms with Gasteiger partial charge in [0.25, 0.3) is 0 Å². The van der Waals surface area contributed by atoms with Crippen molar-refractivity contribution in [2.24, 2.45) is 11.8 Å². The van der Waals surface area contributed by atoms with E-state index in [0.29, 0.717) is 6.61 Å². The minimum atomic E-state index is -1.03. The molecule has 2 N–H and O–H groups in total. The molecule has 0 aliphatic heterocycles. The second-order valence-electron chi connectivity index (χ2n) is 3.27. The van der Waals surface area contributed by atoms with Crippen molar-refractivity contribution < 1.29 is 19.7 Å². The number of rotatable bonds is 5. The summed E-state index contributed by atoms with van der Waals surface area (Å²) in [7, 11) is 0. The van der Waals surface area contributed by atoms with Gasteiger partial charge in [0.05, 0.1) is 25.2 Å². The average molecular weight is 190 g/mol. The van der Waals surface area contributed by atoms with E-state index in [0.717, 1.165) is 0 Å². The molecule has 0 spiro atoms. The van der Waals surface area contributed by atoms with Crippen molar-refractivity contribution in [2.75, 3.05) is 13.2 Å². The van der Waals surface area contributed by atoms with Crippen LogP contribution in [-0.4, -0.2) is 35.5 Å². The van der Waals surface area contributed by atoms with E-state index < -0.39 is 24.6 Å². The molecule has 0 bridgehead atoms. The standard InChI is InChI=1S/C9H18O4/c1-4-13-9(12)8(6(2)3)7(11)5-10/h6-8,10-11H,4-5H2,1-3H3. The highest BCUT2D eigenvalue weighted by molar-refractivity contribution is 5.73. The van der Waals surface area contributed by atoms with Gasteiger partial charge < -0.3 is 14.9 Å². The van der Waals surface area contributed by atoms with Crippen LogP contribution in [0.15, 0.2) is 0 Å². The van der Waals surface area contributed by atoms with Crippen LogP contribution in [0.25, 0.3) is 0 Å². The fourth-order valence-corrected chi connectivity index (χ4v) is 1.23. The maximum Gasteiger partial charge on any atom is 0.311 e. The maximum atomic E-state index is 11.3. The molecule has 0 saturated carbocycles. The second-order valence-corrected chi connectivity index (χ2v) is 3.27. The molecule has 2 atom stereocenters. The predicted molar refractivity (Wildman–Crippen MR) is 48.1 cm³/mol. The van der Waals surface area contributed by atoms with Crippen LogP contribution in [0.4, 0.5) is 0 Å². The van der Waals surface area contributed by atoms with E-state index in [1.807, 2.05) is 0 Å². The van der Waals surface area contributed by atoms with Crippen LogP contribution in [0.5, 0.6) is 0 Å². The Morgan fingerprint density at radius 3 is 2.31 bits per heavy atom. The van der Waals surface area contributed by atoms with E-state index >= 15 is 0 Å². The molecule has 13 heavy (non-hydrogen) atoms. The zero-order valence-corrected chi connectivity index (χ0v) is 8.36. The number of hydrogen-bond acceptors (Lipinski definition) is 4. The van der Waals surface area contributed by atoms with E-state index in [9.17, 15) is 9.90 Å². The summed E-state index contributed by atoms with van der Waals surface area (Å²) in [6.07, 6.45) is -1.03. The van der Waals surface area contributed by atoms with Crippen molar-refractivity contribution in [3.63, 3.8) is 0 Å². The Balaban J connectivity index is 4.32. The van der Waals surface area contributed by atoms with E-state index in [1.165, 1.54) is 0 Å². The number of aliphatic hydroxyl groups is 2. The van der Waals surface area contributed by atoms with Crippen LogP contribution in [-0.2, 0) is 9.53 Å². The van der Waals surface area contributed by atoms with E-state index in [2.05, 4.69) is 0 Å². The average Bonchev–Trinajstić information content (AvgIpc) is 2.04. The minimum absolute atomic E-state index is 0.0406. The van der Waals surface area contributed by atoms with Crippen molar-refractivity contribution in [2.45, 2.75) is 26.9 Å². The summed E-state index contributed by atoms with van der Waals surface area (Å²) in [4.78, 5) is 11.3. The molecule has 0 aromatic heterocycles. The van der Waals surface area contributed by atoms with Crippen LogP contribution in [0.1, 0.15) is 20.8 Å². The number of carbonyl (C=O) groups is 1. The summed E-state index contributed by atoms with van der Waals surface area (Å²) in [5.41, 5.74) is 0. The van der Waals surface area contributed by atoms with E-state index in [1.54, 1.807) is 20.8 Å². The molecule has 0 aliphatic carbocycles. The smallest absolute Gasteiger partial charge is 0.311 e. The molecule has 0 heterocycles. The Morgan fingerprint density at radius 2 is 2.00 bits per heavy atom. The first kappa shape index (κ1) is 12.4. The normalized spacial score (nSPS) is 15.5. The van der Waals surface area contributed by atoms with Crippen molar-refractivity contribution in [1.82, 2.24) is 0 Å². The highest BCUT2D eigenvalue weighted by atomic mass is 16.5. The van der Waals surface area contributed by atoms with Gasteiger partial charge in [-0.3, -0.25) is 4.79 Å². The predicted octanol–water partition coefficient (Wildman–Crippen LogP) is 0.175. The van der Waals surface area contributed by atoms with Crippen molar-refractivity contribution in [3.8, 4) is 0 Å². The van der Waals surface area contributed by atoms with Gasteiger partial charge in [0.1, 0.15) is 0 Å². The fraction of sp³-hybridized carbons (Fsp3) is 0.889. The Morgan fingerprint density at radius 1 is 1.46 bits per heavy atom. The molecule has 78 valence electrons. The summed E-state index contributed by atoms with van der Waals surface area (Å²) in [6, 6.07) is 0. The van der Waals surface area contributed by atoms with Crippen molar-refractivity contribution in [3.05, 3.63) is 0 Å². The monoisotopic (exact) mass is 190 g/mol. The first-order valence-electron chi connectivity index (χ1n) is 4.50. The van der Waals surface area contributed by atoms with Crippen LogP contribution in [0.3, 0.4) is 0 Å². The van der Waals surface area contributed by atoms with Crippen LogP contribution in [0, 0.1) is 11.8 Å². The molecule has 4 nitrogen and oxygen atoms in total. The summed E-state index contributed by atoms with van der Waals surface area (Å²) in [5, 5.41) is 18.0. The van der Waals surface area contributed by atoms with Gasteiger partial charge >= 0.3 is 5.97 Å². The molecule has 0 aliphatic rings. The summed E-state index contributed by atoms with van der Waals surface area (Å²) in [6.45, 7) is 5.20. The van der Waals surface area contributed by atoms with Gasteiger partial charge in [-0.05, 0) is 12.8 Å². The third-order valence-electron chi connectivity index (χ3n) is 1.88. The lowest BCUT2D eigenvalue weighted by atomic mass is 9.91. The summed E-state index contributed by atoms with van der Waals surface area (Å²) >= 11 is 0. The Kier molecular flexibility index (Phi) is 5.66. The van der Waals surface area contributed by atoms with Crippen LogP contribution >= 0.6 is 0 Å². The first-order chi connectivity index (χ1) is 6.04. The molecule has 0 aromatic rings. The maximum absolute atomic E-state index is 11.3. The van der Waals surface area contributed by atoms with Gasteiger partial charge in [-0.2, -0.15) is 0 Å². The van der Waals surface area contributed by atoms with E-state index in [-0.39, 0.29) is 5.92 Å². The Labute approximate surface area is 78.5 Å². The number of ether oxygens (including phenoxy) is 1.